The van der Waals surface area contributed by atoms with Crippen LogP contribution in [0.1, 0.15) is 26.7 Å². The molecule has 68 valence electrons. The lowest BCUT2D eigenvalue weighted by molar-refractivity contribution is 0.549. The van der Waals surface area contributed by atoms with Crippen LogP contribution in [0.5, 0.6) is 0 Å². The minimum Gasteiger partial charge on any atom is -0.0948 e. The molecule has 0 nitrogen and oxygen atoms in total. The van der Waals surface area contributed by atoms with Crippen molar-refractivity contribution in [3.63, 3.8) is 0 Å². The molecule has 11 heavy (non-hydrogen) atoms. The van der Waals surface area contributed by atoms with Crippen LogP contribution in [0.4, 0.5) is 0 Å². The van der Waals surface area contributed by atoms with Crippen LogP contribution in [0.25, 0.3) is 0 Å². The Kier molecular flexibility index (Phi) is 6.97. The molecule has 0 amide bonds. The number of rotatable bonds is 5. The topological polar surface area (TPSA) is 0 Å². The first-order chi connectivity index (χ1) is 4.95. The maximum atomic E-state index is 5.71. The molecule has 0 saturated heterocycles. The molecule has 0 aliphatic carbocycles. The van der Waals surface area contributed by atoms with E-state index in [-0.39, 0.29) is 0 Å². The van der Waals surface area contributed by atoms with Gasteiger partial charge < -0.3 is 0 Å². The quantitative estimate of drug-likeness (QED) is 0.640. The molecular weight excluding hydrogens is 238 g/mol. The van der Waals surface area contributed by atoms with Crippen molar-refractivity contribution in [1.82, 2.24) is 0 Å². The van der Waals surface area contributed by atoms with Crippen LogP contribution >= 0.6 is 37.8 Å². The first-order valence-electron chi connectivity index (χ1n) is 3.59. The van der Waals surface area contributed by atoms with E-state index in [1.165, 1.54) is 24.2 Å². The molecule has 0 N–H and O–H groups in total. The number of halogens is 2. The average molecular weight is 251 g/mol. The Bertz CT molecular complexity index is 146. The second-order valence-electron chi connectivity index (χ2n) is 2.55. The van der Waals surface area contributed by atoms with Crippen molar-refractivity contribution in [1.29, 1.82) is 0 Å². The zero-order valence-electron chi connectivity index (χ0n) is 6.72. The Morgan fingerprint density at radius 2 is 2.09 bits per heavy atom. The molecule has 0 bridgehead atoms. The molecule has 0 spiro atoms. The maximum absolute atomic E-state index is 5.71. The van der Waals surface area contributed by atoms with Gasteiger partial charge in [0.25, 0.3) is 0 Å². The SMILES string of the molecule is CCC(C)CCSP(=S)(Cl)Cl. The van der Waals surface area contributed by atoms with E-state index in [2.05, 4.69) is 13.8 Å². The smallest absolute Gasteiger partial charge is 0.0948 e. The van der Waals surface area contributed by atoms with Crippen molar-refractivity contribution in [3.8, 4) is 0 Å². The Morgan fingerprint density at radius 1 is 1.55 bits per heavy atom. The minimum atomic E-state index is -2.04. The van der Waals surface area contributed by atoms with Gasteiger partial charge in [-0.15, -0.1) is 0 Å². The van der Waals surface area contributed by atoms with Crippen molar-refractivity contribution < 1.29 is 0 Å². The molecule has 0 fully saturated rings. The highest BCUT2D eigenvalue weighted by Gasteiger charge is 2.08. The van der Waals surface area contributed by atoms with Crippen molar-refractivity contribution in [2.24, 2.45) is 5.92 Å². The summed E-state index contributed by atoms with van der Waals surface area (Å²) in [6, 6.07) is 0. The van der Waals surface area contributed by atoms with Gasteiger partial charge in [-0.3, -0.25) is 0 Å². The summed E-state index contributed by atoms with van der Waals surface area (Å²) < 4.78 is -2.04. The standard InChI is InChI=1S/C6H13Cl2PS2/c1-3-6(2)4-5-11-9(7,8)10/h6H,3-5H2,1-2H3. The van der Waals surface area contributed by atoms with Crippen LogP contribution in [0.2, 0.25) is 0 Å². The molecule has 0 radical (unpaired) electrons. The van der Waals surface area contributed by atoms with Crippen LogP contribution in [-0.2, 0) is 11.8 Å². The molecular formula is C6H13Cl2PS2. The predicted octanol–water partition coefficient (Wildman–Crippen LogP) is 4.86. The summed E-state index contributed by atoms with van der Waals surface area (Å²) in [5.41, 5.74) is 0. The highest BCUT2D eigenvalue weighted by atomic mass is 35.9. The van der Waals surface area contributed by atoms with E-state index in [1.54, 1.807) is 0 Å². The van der Waals surface area contributed by atoms with Crippen LogP contribution in [0, 0.1) is 5.92 Å². The zero-order chi connectivity index (χ0) is 8.91. The summed E-state index contributed by atoms with van der Waals surface area (Å²) in [7, 11) is 0. The summed E-state index contributed by atoms with van der Waals surface area (Å²) in [6.07, 6.45) is 2.38. The molecule has 0 saturated carbocycles. The minimum absolute atomic E-state index is 0.761. The van der Waals surface area contributed by atoms with Crippen LogP contribution in [0.15, 0.2) is 0 Å². The van der Waals surface area contributed by atoms with Crippen molar-refractivity contribution in [2.45, 2.75) is 26.7 Å². The lowest BCUT2D eigenvalue weighted by atomic mass is 10.1. The second kappa shape index (κ2) is 6.10. The Balaban J connectivity index is 3.35. The Hall–Kier alpha value is 1.58. The number of hydrogen-bond acceptors (Lipinski definition) is 2. The van der Waals surface area contributed by atoms with Gasteiger partial charge in [0.15, 0.2) is 3.95 Å². The van der Waals surface area contributed by atoms with Gasteiger partial charge in [0.1, 0.15) is 0 Å². The third-order valence-corrected chi connectivity index (χ3v) is 6.42. The van der Waals surface area contributed by atoms with Crippen molar-refractivity contribution >= 4 is 49.6 Å². The molecule has 5 heteroatoms. The first kappa shape index (κ1) is 12.6. The largest absolute Gasteiger partial charge is 0.171 e. The molecule has 0 rings (SSSR count). The summed E-state index contributed by atoms with van der Waals surface area (Å²) in [6.45, 7) is 4.42. The van der Waals surface area contributed by atoms with Crippen LogP contribution in [-0.4, -0.2) is 5.75 Å². The van der Waals surface area contributed by atoms with Gasteiger partial charge in [-0.25, -0.2) is 0 Å². The van der Waals surface area contributed by atoms with E-state index in [4.69, 9.17) is 34.3 Å². The van der Waals surface area contributed by atoms with Crippen LogP contribution < -0.4 is 0 Å². The highest BCUT2D eigenvalue weighted by molar-refractivity contribution is 8.85. The maximum Gasteiger partial charge on any atom is 0.171 e. The highest BCUT2D eigenvalue weighted by Crippen LogP contribution is 2.68. The summed E-state index contributed by atoms with van der Waals surface area (Å²) in [5, 5.41) is 0. The third-order valence-electron chi connectivity index (χ3n) is 1.55. The second-order valence-corrected chi connectivity index (χ2v) is 14.8. The molecule has 1 unspecified atom stereocenters. The fourth-order valence-electron chi connectivity index (χ4n) is 0.564. The van der Waals surface area contributed by atoms with E-state index in [0.29, 0.717) is 0 Å². The van der Waals surface area contributed by atoms with Gasteiger partial charge in [0.2, 0.25) is 0 Å². The monoisotopic (exact) mass is 250 g/mol. The summed E-state index contributed by atoms with van der Waals surface area (Å²) in [5.74, 6) is 1.76. The molecule has 0 heterocycles. The van der Waals surface area contributed by atoms with E-state index in [0.717, 1.165) is 11.7 Å². The molecule has 0 aliphatic heterocycles. The van der Waals surface area contributed by atoms with Gasteiger partial charge in [0, 0.05) is 5.75 Å². The lowest BCUT2D eigenvalue weighted by Gasteiger charge is -2.08. The van der Waals surface area contributed by atoms with Gasteiger partial charge in [-0.05, 0) is 12.3 Å². The number of hydrogen-bond donors (Lipinski definition) is 0. The molecule has 0 aromatic carbocycles. The van der Waals surface area contributed by atoms with Crippen molar-refractivity contribution in [2.75, 3.05) is 5.75 Å². The van der Waals surface area contributed by atoms with Gasteiger partial charge in [0.05, 0.1) is 0 Å². The average Bonchev–Trinajstić information content (AvgIpc) is 1.85. The summed E-state index contributed by atoms with van der Waals surface area (Å²) in [4.78, 5) is 0. The lowest BCUT2D eigenvalue weighted by Crippen LogP contribution is -1.92. The van der Waals surface area contributed by atoms with Crippen LogP contribution in [0.3, 0.4) is 0 Å². The fraction of sp³-hybridized carbons (Fsp3) is 1.00. The zero-order valence-corrected chi connectivity index (χ0v) is 10.8. The van der Waals surface area contributed by atoms with Gasteiger partial charge in [-0.2, -0.15) is 0 Å². The van der Waals surface area contributed by atoms with E-state index >= 15 is 0 Å². The van der Waals surface area contributed by atoms with E-state index in [9.17, 15) is 0 Å². The Labute approximate surface area is 87.7 Å². The normalized spacial score (nSPS) is 14.9. The fourth-order valence-corrected chi connectivity index (χ4v) is 4.15. The molecule has 0 aliphatic rings. The third kappa shape index (κ3) is 9.49. The van der Waals surface area contributed by atoms with E-state index in [1.807, 2.05) is 0 Å². The first-order valence-corrected chi connectivity index (χ1v) is 9.80. The molecule has 0 aromatic heterocycles. The predicted molar refractivity (Wildman–Crippen MR) is 62.5 cm³/mol. The van der Waals surface area contributed by atoms with Crippen molar-refractivity contribution in [3.05, 3.63) is 0 Å². The molecule has 1 atom stereocenters. The summed E-state index contributed by atoms with van der Waals surface area (Å²) >= 11 is 17.8. The Morgan fingerprint density at radius 3 is 2.45 bits per heavy atom. The molecule has 0 aromatic rings. The van der Waals surface area contributed by atoms with Gasteiger partial charge in [-0.1, -0.05) is 65.9 Å². The van der Waals surface area contributed by atoms with E-state index < -0.39 is 3.95 Å². The van der Waals surface area contributed by atoms with Gasteiger partial charge >= 0.3 is 0 Å².